The molecule has 3 rings (SSSR count). The first-order valence-corrected chi connectivity index (χ1v) is 6.11. The first kappa shape index (κ1) is 12.6. The molecule has 4 nitrogen and oxygen atoms in total. The number of aromatic hydroxyl groups is 1. The number of nitrogens with zero attached hydrogens (tertiary/aromatic N) is 2. The molecule has 0 aliphatic heterocycles. The zero-order valence-corrected chi connectivity index (χ0v) is 10.8. The fraction of sp³-hybridized carbons (Fsp3) is 0. The zero-order valence-electron chi connectivity index (χ0n) is 10.0. The van der Waals surface area contributed by atoms with Crippen molar-refractivity contribution in [1.82, 2.24) is 10.1 Å². The van der Waals surface area contributed by atoms with Gasteiger partial charge in [-0.2, -0.15) is 4.98 Å². The van der Waals surface area contributed by atoms with Crippen LogP contribution >= 0.6 is 11.6 Å². The van der Waals surface area contributed by atoms with Crippen molar-refractivity contribution in [3.8, 4) is 28.6 Å². The van der Waals surface area contributed by atoms with Gasteiger partial charge < -0.3 is 9.63 Å². The van der Waals surface area contributed by atoms with Crippen LogP contribution in [-0.2, 0) is 0 Å². The van der Waals surface area contributed by atoms with E-state index in [1.807, 2.05) is 0 Å². The van der Waals surface area contributed by atoms with Gasteiger partial charge in [-0.25, -0.2) is 4.39 Å². The number of aromatic nitrogens is 2. The van der Waals surface area contributed by atoms with Crippen molar-refractivity contribution >= 4 is 11.6 Å². The second kappa shape index (κ2) is 4.94. The highest BCUT2D eigenvalue weighted by atomic mass is 35.5. The van der Waals surface area contributed by atoms with E-state index >= 15 is 0 Å². The van der Waals surface area contributed by atoms with Crippen LogP contribution in [0.2, 0.25) is 5.02 Å². The predicted octanol–water partition coefficient (Wildman–Crippen LogP) is 3.90. The molecular formula is C14H8ClFN2O2. The first-order valence-electron chi connectivity index (χ1n) is 5.73. The number of benzene rings is 2. The van der Waals surface area contributed by atoms with E-state index in [-0.39, 0.29) is 23.0 Å². The Kier molecular flexibility index (Phi) is 3.12. The van der Waals surface area contributed by atoms with Gasteiger partial charge in [0.15, 0.2) is 0 Å². The maximum absolute atomic E-state index is 13.7. The average molecular weight is 291 g/mol. The van der Waals surface area contributed by atoms with Crippen LogP contribution in [-0.4, -0.2) is 15.2 Å². The molecule has 6 heteroatoms. The van der Waals surface area contributed by atoms with E-state index in [1.54, 1.807) is 24.3 Å². The Bertz CT molecular complexity index is 753. The Morgan fingerprint density at radius 2 is 1.90 bits per heavy atom. The standard InChI is InChI=1S/C14H8ClFN2O2/c15-9-5-2-1-4-8(9)13-17-14(20-18-13)12-10(16)6-3-7-11(12)19/h1-7,19H. The molecule has 0 saturated heterocycles. The van der Waals surface area contributed by atoms with Crippen LogP contribution in [0.15, 0.2) is 47.0 Å². The Hall–Kier alpha value is -2.40. The van der Waals surface area contributed by atoms with E-state index in [1.165, 1.54) is 18.2 Å². The van der Waals surface area contributed by atoms with Crippen molar-refractivity contribution < 1.29 is 14.0 Å². The van der Waals surface area contributed by atoms with E-state index < -0.39 is 5.82 Å². The molecular weight excluding hydrogens is 283 g/mol. The van der Waals surface area contributed by atoms with Crippen LogP contribution in [0.25, 0.3) is 22.8 Å². The van der Waals surface area contributed by atoms with Gasteiger partial charge >= 0.3 is 0 Å². The Labute approximate surface area is 118 Å². The van der Waals surface area contributed by atoms with Gasteiger partial charge in [0, 0.05) is 5.56 Å². The van der Waals surface area contributed by atoms with E-state index in [9.17, 15) is 9.50 Å². The third kappa shape index (κ3) is 2.12. The summed E-state index contributed by atoms with van der Waals surface area (Å²) < 4.78 is 18.7. The molecule has 100 valence electrons. The van der Waals surface area contributed by atoms with Crippen molar-refractivity contribution in [3.05, 3.63) is 53.3 Å². The van der Waals surface area contributed by atoms with Crippen molar-refractivity contribution in [3.63, 3.8) is 0 Å². The van der Waals surface area contributed by atoms with E-state index in [2.05, 4.69) is 10.1 Å². The quantitative estimate of drug-likeness (QED) is 0.777. The van der Waals surface area contributed by atoms with Crippen LogP contribution in [0.5, 0.6) is 5.75 Å². The predicted molar refractivity (Wildman–Crippen MR) is 71.8 cm³/mol. The molecule has 20 heavy (non-hydrogen) atoms. The molecule has 0 aliphatic rings. The molecule has 0 bridgehead atoms. The van der Waals surface area contributed by atoms with E-state index in [0.717, 1.165) is 0 Å². The number of halogens is 2. The lowest BCUT2D eigenvalue weighted by molar-refractivity contribution is 0.421. The number of phenols is 1. The molecule has 1 N–H and O–H groups in total. The number of phenolic OH excluding ortho intramolecular Hbond substituents is 1. The summed E-state index contributed by atoms with van der Waals surface area (Å²) in [7, 11) is 0. The summed E-state index contributed by atoms with van der Waals surface area (Å²) in [6, 6.07) is 10.9. The van der Waals surface area contributed by atoms with Crippen molar-refractivity contribution in [2.75, 3.05) is 0 Å². The molecule has 0 aliphatic carbocycles. The van der Waals surface area contributed by atoms with Gasteiger partial charge in [0.05, 0.1) is 5.02 Å². The Morgan fingerprint density at radius 3 is 2.65 bits per heavy atom. The number of hydrogen-bond donors (Lipinski definition) is 1. The van der Waals surface area contributed by atoms with Crippen LogP contribution in [0.3, 0.4) is 0 Å². The molecule has 0 radical (unpaired) electrons. The van der Waals surface area contributed by atoms with Crippen molar-refractivity contribution in [2.24, 2.45) is 0 Å². The summed E-state index contributed by atoms with van der Waals surface area (Å²) in [4.78, 5) is 4.07. The van der Waals surface area contributed by atoms with Crippen molar-refractivity contribution in [1.29, 1.82) is 0 Å². The first-order chi connectivity index (χ1) is 9.66. The van der Waals surface area contributed by atoms with Crippen molar-refractivity contribution in [2.45, 2.75) is 0 Å². The maximum atomic E-state index is 13.7. The smallest absolute Gasteiger partial charge is 0.265 e. The molecule has 0 unspecified atom stereocenters. The fourth-order valence-electron chi connectivity index (χ4n) is 1.80. The van der Waals surface area contributed by atoms with Gasteiger partial charge in [0.1, 0.15) is 17.1 Å². The van der Waals surface area contributed by atoms with Crippen LogP contribution in [0.1, 0.15) is 0 Å². The highest BCUT2D eigenvalue weighted by Gasteiger charge is 2.18. The molecule has 1 aromatic heterocycles. The summed E-state index contributed by atoms with van der Waals surface area (Å²) in [5, 5.41) is 13.9. The monoisotopic (exact) mass is 290 g/mol. The maximum Gasteiger partial charge on any atom is 0.265 e. The average Bonchev–Trinajstić information content (AvgIpc) is 2.88. The summed E-state index contributed by atoms with van der Waals surface area (Å²) in [6.07, 6.45) is 0. The SMILES string of the molecule is Oc1cccc(F)c1-c1nc(-c2ccccc2Cl)no1. The Balaban J connectivity index is 2.10. The number of hydrogen-bond acceptors (Lipinski definition) is 4. The second-order valence-corrected chi connectivity index (χ2v) is 4.44. The van der Waals surface area contributed by atoms with Gasteiger partial charge in [-0.05, 0) is 24.3 Å². The van der Waals surface area contributed by atoms with Gasteiger partial charge in [-0.15, -0.1) is 0 Å². The Morgan fingerprint density at radius 1 is 1.10 bits per heavy atom. The highest BCUT2D eigenvalue weighted by molar-refractivity contribution is 6.33. The highest BCUT2D eigenvalue weighted by Crippen LogP contribution is 2.32. The summed E-state index contributed by atoms with van der Waals surface area (Å²) >= 11 is 6.03. The van der Waals surface area contributed by atoms with Crippen LogP contribution in [0, 0.1) is 5.82 Å². The number of rotatable bonds is 2. The fourth-order valence-corrected chi connectivity index (χ4v) is 2.02. The molecule has 0 saturated carbocycles. The molecule has 0 spiro atoms. The van der Waals surface area contributed by atoms with Gasteiger partial charge in [-0.3, -0.25) is 0 Å². The second-order valence-electron chi connectivity index (χ2n) is 4.04. The molecule has 1 heterocycles. The van der Waals surface area contributed by atoms with Gasteiger partial charge in [0.2, 0.25) is 5.82 Å². The molecule has 0 fully saturated rings. The lowest BCUT2D eigenvalue weighted by atomic mass is 10.2. The zero-order chi connectivity index (χ0) is 14.1. The molecule has 2 aromatic carbocycles. The topological polar surface area (TPSA) is 59.2 Å². The summed E-state index contributed by atoms with van der Waals surface area (Å²) in [5.74, 6) is -0.775. The van der Waals surface area contributed by atoms with Crippen LogP contribution in [0.4, 0.5) is 4.39 Å². The summed E-state index contributed by atoms with van der Waals surface area (Å²) in [6.45, 7) is 0. The minimum atomic E-state index is -0.639. The van der Waals surface area contributed by atoms with Gasteiger partial charge in [-0.1, -0.05) is 35.0 Å². The minimum absolute atomic E-state index is 0.101. The molecule has 0 atom stereocenters. The minimum Gasteiger partial charge on any atom is -0.507 e. The third-order valence-electron chi connectivity index (χ3n) is 2.75. The van der Waals surface area contributed by atoms with Crippen LogP contribution < -0.4 is 0 Å². The van der Waals surface area contributed by atoms with E-state index in [4.69, 9.17) is 16.1 Å². The summed E-state index contributed by atoms with van der Waals surface area (Å²) in [5.41, 5.74) is 0.443. The largest absolute Gasteiger partial charge is 0.507 e. The molecule has 3 aromatic rings. The lowest BCUT2D eigenvalue weighted by Gasteiger charge is -1.99. The third-order valence-corrected chi connectivity index (χ3v) is 3.08. The lowest BCUT2D eigenvalue weighted by Crippen LogP contribution is -1.86. The molecule has 0 amide bonds. The normalized spacial score (nSPS) is 10.7. The van der Waals surface area contributed by atoms with E-state index in [0.29, 0.717) is 10.6 Å². The van der Waals surface area contributed by atoms with Gasteiger partial charge in [0.25, 0.3) is 5.89 Å².